The number of carbonyl (C=O) groups is 1. The number of nitrogens with one attached hydrogen (secondary N) is 1. The number of nitro benzene ring substituents is 1. The second kappa shape index (κ2) is 5.56. The van der Waals surface area contributed by atoms with E-state index in [-0.39, 0.29) is 24.4 Å². The van der Waals surface area contributed by atoms with E-state index in [4.69, 9.17) is 4.74 Å². The lowest BCUT2D eigenvalue weighted by molar-refractivity contribution is -0.385. The molecule has 1 aliphatic rings. The van der Waals surface area contributed by atoms with Gasteiger partial charge < -0.3 is 15.2 Å². The molecule has 1 aromatic carbocycles. The predicted molar refractivity (Wildman–Crippen MR) is 70.6 cm³/mol. The number of benzene rings is 1. The highest BCUT2D eigenvalue weighted by molar-refractivity contribution is 5.96. The Bertz CT molecular complexity index is 538. The summed E-state index contributed by atoms with van der Waals surface area (Å²) in [6.07, 6.45) is 0.460. The zero-order valence-corrected chi connectivity index (χ0v) is 11.1. The van der Waals surface area contributed by atoms with E-state index < -0.39 is 16.4 Å². The molecule has 1 aliphatic heterocycles. The van der Waals surface area contributed by atoms with Crippen LogP contribution in [0.5, 0.6) is 0 Å². The monoisotopic (exact) mass is 280 g/mol. The fraction of sp³-hybridized carbons (Fsp3) is 0.462. The molecule has 1 atom stereocenters. The fourth-order valence-electron chi connectivity index (χ4n) is 2.14. The van der Waals surface area contributed by atoms with Gasteiger partial charge in [-0.25, -0.2) is 0 Å². The van der Waals surface area contributed by atoms with Crippen LogP contribution in [0.15, 0.2) is 18.2 Å². The van der Waals surface area contributed by atoms with E-state index in [1.807, 2.05) is 0 Å². The topological polar surface area (TPSA) is 102 Å². The van der Waals surface area contributed by atoms with Crippen LogP contribution in [0.1, 0.15) is 22.3 Å². The maximum absolute atomic E-state index is 12.1. The van der Waals surface area contributed by atoms with Gasteiger partial charge >= 0.3 is 0 Å². The summed E-state index contributed by atoms with van der Waals surface area (Å²) in [7, 11) is 0. The molecule has 108 valence electrons. The van der Waals surface area contributed by atoms with E-state index in [0.717, 1.165) is 0 Å². The molecule has 1 heterocycles. The van der Waals surface area contributed by atoms with Gasteiger partial charge in [-0.2, -0.15) is 0 Å². The number of carbonyl (C=O) groups excluding carboxylic acids is 1. The minimum absolute atomic E-state index is 0.0635. The van der Waals surface area contributed by atoms with Crippen molar-refractivity contribution in [1.82, 2.24) is 5.32 Å². The lowest BCUT2D eigenvalue weighted by Gasteiger charge is -2.20. The van der Waals surface area contributed by atoms with Crippen LogP contribution in [0.3, 0.4) is 0 Å². The van der Waals surface area contributed by atoms with Gasteiger partial charge in [-0.15, -0.1) is 0 Å². The zero-order chi connectivity index (χ0) is 14.8. The van der Waals surface area contributed by atoms with Crippen LogP contribution in [0.2, 0.25) is 0 Å². The second-order valence-electron chi connectivity index (χ2n) is 4.92. The van der Waals surface area contributed by atoms with Gasteiger partial charge in [0.2, 0.25) is 0 Å². The Morgan fingerprint density at radius 3 is 2.95 bits per heavy atom. The van der Waals surface area contributed by atoms with E-state index in [0.29, 0.717) is 18.6 Å². The Kier molecular flexibility index (Phi) is 4.01. The summed E-state index contributed by atoms with van der Waals surface area (Å²) in [5, 5.41) is 23.5. The van der Waals surface area contributed by atoms with Crippen molar-refractivity contribution in [3.05, 3.63) is 39.4 Å². The van der Waals surface area contributed by atoms with E-state index >= 15 is 0 Å². The van der Waals surface area contributed by atoms with Crippen LogP contribution in [-0.4, -0.2) is 41.3 Å². The van der Waals surface area contributed by atoms with Crippen LogP contribution in [0, 0.1) is 17.0 Å². The maximum atomic E-state index is 12.1. The van der Waals surface area contributed by atoms with Gasteiger partial charge in [-0.1, -0.05) is 6.07 Å². The Morgan fingerprint density at radius 2 is 2.35 bits per heavy atom. The molecular weight excluding hydrogens is 264 g/mol. The van der Waals surface area contributed by atoms with Gasteiger partial charge in [-0.3, -0.25) is 14.9 Å². The van der Waals surface area contributed by atoms with Crippen LogP contribution < -0.4 is 5.32 Å². The van der Waals surface area contributed by atoms with Crippen LogP contribution >= 0.6 is 0 Å². The highest BCUT2D eigenvalue weighted by atomic mass is 16.6. The molecule has 7 heteroatoms. The van der Waals surface area contributed by atoms with E-state index in [2.05, 4.69) is 5.32 Å². The van der Waals surface area contributed by atoms with Gasteiger partial charge in [0.25, 0.3) is 11.6 Å². The van der Waals surface area contributed by atoms with Crippen molar-refractivity contribution >= 4 is 11.6 Å². The SMILES string of the molecule is Cc1c(C(=O)NCC2(O)CCOC2)cccc1[N+](=O)[O-]. The second-order valence-corrected chi connectivity index (χ2v) is 4.92. The summed E-state index contributed by atoms with van der Waals surface area (Å²) in [6.45, 7) is 2.23. The van der Waals surface area contributed by atoms with E-state index in [1.54, 1.807) is 0 Å². The summed E-state index contributed by atoms with van der Waals surface area (Å²) in [6, 6.07) is 4.34. The Morgan fingerprint density at radius 1 is 1.60 bits per heavy atom. The molecule has 1 unspecified atom stereocenters. The molecular formula is C13H16N2O5. The molecule has 0 saturated carbocycles. The summed E-state index contributed by atoms with van der Waals surface area (Å²) >= 11 is 0. The molecule has 2 N–H and O–H groups in total. The first kappa shape index (κ1) is 14.4. The van der Waals surface area contributed by atoms with Gasteiger partial charge in [0.15, 0.2) is 0 Å². The number of rotatable bonds is 4. The van der Waals surface area contributed by atoms with Gasteiger partial charge in [0.05, 0.1) is 11.5 Å². The lowest BCUT2D eigenvalue weighted by atomic mass is 10.0. The zero-order valence-electron chi connectivity index (χ0n) is 11.1. The first-order chi connectivity index (χ1) is 9.43. The Labute approximate surface area is 115 Å². The van der Waals surface area contributed by atoms with Gasteiger partial charge in [0.1, 0.15) is 5.60 Å². The average molecular weight is 280 g/mol. The van der Waals surface area contributed by atoms with Crippen molar-refractivity contribution in [3.63, 3.8) is 0 Å². The molecule has 0 aromatic heterocycles. The minimum atomic E-state index is -1.05. The lowest BCUT2D eigenvalue weighted by Crippen LogP contribution is -2.43. The molecule has 1 fully saturated rings. The summed E-state index contributed by atoms with van der Waals surface area (Å²) in [5.74, 6) is -0.438. The van der Waals surface area contributed by atoms with Crippen LogP contribution in [-0.2, 0) is 4.74 Å². The fourth-order valence-corrected chi connectivity index (χ4v) is 2.14. The summed E-state index contributed by atoms with van der Waals surface area (Å²) in [4.78, 5) is 22.4. The molecule has 7 nitrogen and oxygen atoms in total. The summed E-state index contributed by atoms with van der Waals surface area (Å²) in [5.41, 5.74) is -0.600. The molecule has 1 saturated heterocycles. The molecule has 0 radical (unpaired) electrons. The summed E-state index contributed by atoms with van der Waals surface area (Å²) < 4.78 is 5.08. The minimum Gasteiger partial charge on any atom is -0.386 e. The Hall–Kier alpha value is -1.99. The third-order valence-electron chi connectivity index (χ3n) is 3.41. The largest absolute Gasteiger partial charge is 0.386 e. The van der Waals surface area contributed by atoms with E-state index in [9.17, 15) is 20.0 Å². The smallest absolute Gasteiger partial charge is 0.273 e. The van der Waals surface area contributed by atoms with Crippen molar-refractivity contribution in [2.24, 2.45) is 0 Å². The standard InChI is InChI=1S/C13H16N2O5/c1-9-10(3-2-4-11(9)15(18)19)12(16)14-7-13(17)5-6-20-8-13/h2-4,17H,5-8H2,1H3,(H,14,16). The highest BCUT2D eigenvalue weighted by Crippen LogP contribution is 2.21. The van der Waals surface area contributed by atoms with Crippen LogP contribution in [0.4, 0.5) is 5.69 Å². The van der Waals surface area contributed by atoms with Crippen molar-refractivity contribution in [3.8, 4) is 0 Å². The molecule has 1 aromatic rings. The third-order valence-corrected chi connectivity index (χ3v) is 3.41. The number of aliphatic hydroxyl groups is 1. The Balaban J connectivity index is 2.09. The van der Waals surface area contributed by atoms with Crippen molar-refractivity contribution in [2.45, 2.75) is 18.9 Å². The number of hydrogen-bond acceptors (Lipinski definition) is 5. The normalized spacial score (nSPS) is 21.7. The van der Waals surface area contributed by atoms with Crippen molar-refractivity contribution in [2.75, 3.05) is 19.8 Å². The van der Waals surface area contributed by atoms with Gasteiger partial charge in [0, 0.05) is 36.8 Å². The van der Waals surface area contributed by atoms with Gasteiger partial charge in [-0.05, 0) is 13.0 Å². The first-order valence-corrected chi connectivity index (χ1v) is 6.25. The molecule has 0 aliphatic carbocycles. The molecule has 0 bridgehead atoms. The van der Waals surface area contributed by atoms with Crippen molar-refractivity contribution < 1.29 is 19.6 Å². The quantitative estimate of drug-likeness (QED) is 0.627. The molecule has 1 amide bonds. The van der Waals surface area contributed by atoms with Crippen molar-refractivity contribution in [1.29, 1.82) is 0 Å². The van der Waals surface area contributed by atoms with Crippen LogP contribution in [0.25, 0.3) is 0 Å². The number of nitrogens with zero attached hydrogens (tertiary/aromatic N) is 1. The average Bonchev–Trinajstić information content (AvgIpc) is 2.83. The first-order valence-electron chi connectivity index (χ1n) is 6.25. The molecule has 20 heavy (non-hydrogen) atoms. The maximum Gasteiger partial charge on any atom is 0.273 e. The number of ether oxygens (including phenoxy) is 1. The predicted octanol–water partition coefficient (Wildman–Crippen LogP) is 0.784. The number of nitro groups is 1. The highest BCUT2D eigenvalue weighted by Gasteiger charge is 2.32. The molecule has 0 spiro atoms. The third kappa shape index (κ3) is 2.94. The van der Waals surface area contributed by atoms with E-state index in [1.165, 1.54) is 25.1 Å². The number of amides is 1. The number of hydrogen-bond donors (Lipinski definition) is 2. The molecule has 2 rings (SSSR count).